The van der Waals surface area contributed by atoms with Crippen molar-refractivity contribution < 1.29 is 23.9 Å². The Morgan fingerprint density at radius 1 is 1.06 bits per heavy atom. The van der Waals surface area contributed by atoms with Crippen molar-refractivity contribution in [3.63, 3.8) is 0 Å². The van der Waals surface area contributed by atoms with Crippen LogP contribution in [0.4, 0.5) is 5.69 Å². The van der Waals surface area contributed by atoms with Crippen LogP contribution in [0.2, 0.25) is 0 Å². The van der Waals surface area contributed by atoms with Gasteiger partial charge in [-0.2, -0.15) is 5.10 Å². The molecule has 0 atom stereocenters. The number of rotatable bonds is 9. The average molecular weight is 441 g/mol. The van der Waals surface area contributed by atoms with Crippen LogP contribution >= 0.6 is 0 Å². The van der Waals surface area contributed by atoms with Crippen LogP contribution in [0.25, 0.3) is 0 Å². The second-order valence-corrected chi connectivity index (χ2v) is 7.09. The van der Waals surface area contributed by atoms with E-state index in [1.165, 1.54) is 13.3 Å². The SMILES string of the molecule is CCc1ccccc1NC(=O)COc1ccc(/C=N\NC(=O)C(=O)NC(C)C)cc1OC. The quantitative estimate of drug-likeness (QED) is 0.314. The van der Waals surface area contributed by atoms with Crippen molar-refractivity contribution in [3.8, 4) is 11.5 Å². The van der Waals surface area contributed by atoms with Gasteiger partial charge in [0.15, 0.2) is 18.1 Å². The van der Waals surface area contributed by atoms with E-state index >= 15 is 0 Å². The Labute approximate surface area is 187 Å². The van der Waals surface area contributed by atoms with Crippen LogP contribution in [0.1, 0.15) is 31.9 Å². The van der Waals surface area contributed by atoms with Crippen molar-refractivity contribution in [2.45, 2.75) is 33.2 Å². The fourth-order valence-corrected chi connectivity index (χ4v) is 2.71. The Morgan fingerprint density at radius 3 is 2.50 bits per heavy atom. The summed E-state index contributed by atoms with van der Waals surface area (Å²) in [5.74, 6) is -1.15. The number of hydrazone groups is 1. The molecule has 2 aromatic carbocycles. The third-order valence-electron chi connectivity index (χ3n) is 4.22. The summed E-state index contributed by atoms with van der Waals surface area (Å²) in [4.78, 5) is 35.5. The first kappa shape index (κ1) is 24.4. The van der Waals surface area contributed by atoms with Crippen LogP contribution in [0, 0.1) is 0 Å². The number of hydrogen-bond donors (Lipinski definition) is 3. The third-order valence-corrected chi connectivity index (χ3v) is 4.22. The van der Waals surface area contributed by atoms with E-state index in [2.05, 4.69) is 21.2 Å². The lowest BCUT2D eigenvalue weighted by Gasteiger charge is -2.13. The van der Waals surface area contributed by atoms with Crippen LogP contribution in [-0.4, -0.2) is 43.7 Å². The number of nitrogens with one attached hydrogen (secondary N) is 3. The predicted molar refractivity (Wildman–Crippen MR) is 122 cm³/mol. The van der Waals surface area contributed by atoms with Crippen LogP contribution < -0.4 is 25.5 Å². The normalized spacial score (nSPS) is 10.7. The number of carbonyl (C=O) groups is 3. The van der Waals surface area contributed by atoms with E-state index in [9.17, 15) is 14.4 Å². The minimum Gasteiger partial charge on any atom is -0.493 e. The molecule has 0 radical (unpaired) electrons. The first-order chi connectivity index (χ1) is 15.3. The summed E-state index contributed by atoms with van der Waals surface area (Å²) in [5.41, 5.74) is 4.55. The van der Waals surface area contributed by atoms with Crippen LogP contribution in [0.3, 0.4) is 0 Å². The monoisotopic (exact) mass is 440 g/mol. The number of anilines is 1. The minimum atomic E-state index is -0.863. The summed E-state index contributed by atoms with van der Waals surface area (Å²) in [7, 11) is 1.47. The molecule has 2 rings (SSSR count). The lowest BCUT2D eigenvalue weighted by molar-refractivity contribution is -0.139. The van der Waals surface area contributed by atoms with E-state index in [0.717, 1.165) is 17.7 Å². The number of amides is 3. The number of carbonyl (C=O) groups excluding carboxylic acids is 3. The summed E-state index contributed by atoms with van der Waals surface area (Å²) in [6.45, 7) is 5.32. The molecule has 9 nitrogen and oxygen atoms in total. The van der Waals surface area contributed by atoms with Gasteiger partial charge in [-0.1, -0.05) is 25.1 Å². The number of hydrogen-bond acceptors (Lipinski definition) is 6. The molecule has 0 aliphatic rings. The van der Waals surface area contributed by atoms with E-state index in [4.69, 9.17) is 9.47 Å². The van der Waals surface area contributed by atoms with Gasteiger partial charge >= 0.3 is 11.8 Å². The maximum absolute atomic E-state index is 12.3. The maximum atomic E-state index is 12.3. The van der Waals surface area contributed by atoms with Gasteiger partial charge in [-0.25, -0.2) is 5.43 Å². The molecule has 0 aliphatic carbocycles. The molecule has 32 heavy (non-hydrogen) atoms. The number of methoxy groups -OCH3 is 1. The number of benzene rings is 2. The van der Waals surface area contributed by atoms with E-state index in [1.807, 2.05) is 31.2 Å². The Morgan fingerprint density at radius 2 is 1.81 bits per heavy atom. The van der Waals surface area contributed by atoms with Crippen molar-refractivity contribution in [1.29, 1.82) is 0 Å². The Bertz CT molecular complexity index is 988. The Balaban J connectivity index is 1.94. The van der Waals surface area contributed by atoms with E-state index in [1.54, 1.807) is 32.0 Å². The molecule has 0 saturated heterocycles. The molecule has 0 aromatic heterocycles. The molecule has 3 N–H and O–H groups in total. The zero-order valence-electron chi connectivity index (χ0n) is 18.6. The molecule has 0 fully saturated rings. The van der Waals surface area contributed by atoms with E-state index < -0.39 is 11.8 Å². The molecule has 0 unspecified atom stereocenters. The summed E-state index contributed by atoms with van der Waals surface area (Å²) in [6.07, 6.45) is 2.16. The second kappa shape index (κ2) is 12.1. The maximum Gasteiger partial charge on any atom is 0.329 e. The summed E-state index contributed by atoms with van der Waals surface area (Å²) in [6, 6.07) is 12.4. The summed E-state index contributed by atoms with van der Waals surface area (Å²) in [5, 5.41) is 9.07. The molecule has 2 aromatic rings. The van der Waals surface area contributed by atoms with Gasteiger partial charge in [0.05, 0.1) is 13.3 Å². The fraction of sp³-hybridized carbons (Fsp3) is 0.304. The molecule has 0 aliphatic heterocycles. The van der Waals surface area contributed by atoms with Crippen molar-refractivity contribution in [3.05, 3.63) is 53.6 Å². The molecule has 0 saturated carbocycles. The third kappa shape index (κ3) is 7.42. The van der Waals surface area contributed by atoms with E-state index in [-0.39, 0.29) is 18.6 Å². The second-order valence-electron chi connectivity index (χ2n) is 7.09. The fourth-order valence-electron chi connectivity index (χ4n) is 2.71. The summed E-state index contributed by atoms with van der Waals surface area (Å²) < 4.78 is 10.9. The smallest absolute Gasteiger partial charge is 0.329 e. The van der Waals surface area contributed by atoms with Gasteiger partial charge in [-0.3, -0.25) is 14.4 Å². The van der Waals surface area contributed by atoms with Gasteiger partial charge in [0.25, 0.3) is 5.91 Å². The molecule has 3 amide bonds. The standard InChI is InChI=1S/C23H28N4O5/c1-5-17-8-6-7-9-18(17)26-21(28)14-32-19-11-10-16(12-20(19)31-4)13-24-27-23(30)22(29)25-15(2)3/h6-13,15H,5,14H2,1-4H3,(H,25,29)(H,26,28)(H,27,30)/b24-13-. The molecular formula is C23H28N4O5. The topological polar surface area (TPSA) is 118 Å². The highest BCUT2D eigenvalue weighted by molar-refractivity contribution is 6.35. The van der Waals surface area contributed by atoms with E-state index in [0.29, 0.717) is 17.1 Å². The summed E-state index contributed by atoms with van der Waals surface area (Å²) >= 11 is 0. The van der Waals surface area contributed by atoms with Crippen molar-refractivity contribution in [2.24, 2.45) is 5.10 Å². The van der Waals surface area contributed by atoms with Gasteiger partial charge in [0, 0.05) is 11.7 Å². The Kier molecular flexibility index (Phi) is 9.22. The average Bonchev–Trinajstić information content (AvgIpc) is 2.77. The van der Waals surface area contributed by atoms with Gasteiger partial charge in [0.2, 0.25) is 0 Å². The van der Waals surface area contributed by atoms with Gasteiger partial charge in [-0.15, -0.1) is 0 Å². The first-order valence-electron chi connectivity index (χ1n) is 10.2. The molecule has 0 spiro atoms. The number of nitrogens with zero attached hydrogens (tertiary/aromatic N) is 1. The molecular weight excluding hydrogens is 412 g/mol. The van der Waals surface area contributed by atoms with Crippen LogP contribution in [-0.2, 0) is 20.8 Å². The number of para-hydroxylation sites is 1. The first-order valence-corrected chi connectivity index (χ1v) is 10.2. The van der Waals surface area contributed by atoms with Crippen LogP contribution in [0.5, 0.6) is 11.5 Å². The Hall–Kier alpha value is -3.88. The van der Waals surface area contributed by atoms with Crippen molar-refractivity contribution >= 4 is 29.6 Å². The number of aryl methyl sites for hydroxylation is 1. The highest BCUT2D eigenvalue weighted by atomic mass is 16.5. The lowest BCUT2D eigenvalue weighted by Crippen LogP contribution is -2.41. The molecule has 0 bridgehead atoms. The van der Waals surface area contributed by atoms with Crippen LogP contribution in [0.15, 0.2) is 47.6 Å². The van der Waals surface area contributed by atoms with Crippen molar-refractivity contribution in [1.82, 2.24) is 10.7 Å². The number of ether oxygens (including phenoxy) is 2. The van der Waals surface area contributed by atoms with Gasteiger partial charge in [-0.05, 0) is 55.7 Å². The molecule has 0 heterocycles. The minimum absolute atomic E-state index is 0.155. The molecule has 9 heteroatoms. The highest BCUT2D eigenvalue weighted by Crippen LogP contribution is 2.27. The molecule has 170 valence electrons. The van der Waals surface area contributed by atoms with Gasteiger partial charge < -0.3 is 20.1 Å². The largest absolute Gasteiger partial charge is 0.493 e. The highest BCUT2D eigenvalue weighted by Gasteiger charge is 2.13. The van der Waals surface area contributed by atoms with Crippen molar-refractivity contribution in [2.75, 3.05) is 19.0 Å². The predicted octanol–water partition coefficient (Wildman–Crippen LogP) is 2.25. The lowest BCUT2D eigenvalue weighted by atomic mass is 10.1. The zero-order chi connectivity index (χ0) is 23.5. The zero-order valence-corrected chi connectivity index (χ0v) is 18.6. The van der Waals surface area contributed by atoms with Gasteiger partial charge in [0.1, 0.15) is 0 Å².